The SMILES string of the molecule is CCN1C(=O)CCc2cc(NS(=O)(=O)Cc3ccccc3)ccc21. The van der Waals surface area contributed by atoms with E-state index in [1.807, 2.05) is 37.3 Å². The molecule has 3 rings (SSSR count). The standard InChI is InChI=1S/C18H20N2O3S/c1-2-20-17-10-9-16(12-15(17)8-11-18(20)21)19-24(22,23)13-14-6-4-3-5-7-14/h3-7,9-10,12,19H,2,8,11,13H2,1H3. The highest BCUT2D eigenvalue weighted by atomic mass is 32.2. The summed E-state index contributed by atoms with van der Waals surface area (Å²) in [5.41, 5.74) is 3.15. The number of hydrogen-bond donors (Lipinski definition) is 1. The average molecular weight is 344 g/mol. The second kappa shape index (κ2) is 6.65. The molecule has 1 aliphatic heterocycles. The van der Waals surface area contributed by atoms with Crippen LogP contribution in [0.4, 0.5) is 11.4 Å². The molecular weight excluding hydrogens is 324 g/mol. The molecule has 24 heavy (non-hydrogen) atoms. The van der Waals surface area contributed by atoms with E-state index in [1.54, 1.807) is 23.1 Å². The van der Waals surface area contributed by atoms with Crippen LogP contribution in [0.25, 0.3) is 0 Å². The topological polar surface area (TPSA) is 66.5 Å². The second-order valence-electron chi connectivity index (χ2n) is 5.83. The van der Waals surface area contributed by atoms with Crippen LogP contribution in [0.15, 0.2) is 48.5 Å². The molecule has 1 N–H and O–H groups in total. The maximum Gasteiger partial charge on any atom is 0.236 e. The number of nitrogens with one attached hydrogen (secondary N) is 1. The first kappa shape index (κ1) is 16.5. The number of anilines is 2. The van der Waals surface area contributed by atoms with Gasteiger partial charge in [0.15, 0.2) is 0 Å². The van der Waals surface area contributed by atoms with Crippen molar-refractivity contribution in [2.45, 2.75) is 25.5 Å². The highest BCUT2D eigenvalue weighted by Crippen LogP contribution is 2.30. The molecule has 0 saturated carbocycles. The van der Waals surface area contributed by atoms with Gasteiger partial charge in [-0.25, -0.2) is 8.42 Å². The molecule has 2 aromatic rings. The van der Waals surface area contributed by atoms with Crippen LogP contribution in [0.3, 0.4) is 0 Å². The Labute approximate surface area is 142 Å². The molecule has 1 aliphatic rings. The van der Waals surface area contributed by atoms with E-state index in [0.717, 1.165) is 16.8 Å². The Kier molecular flexibility index (Phi) is 4.57. The minimum atomic E-state index is -3.47. The molecule has 0 fully saturated rings. The van der Waals surface area contributed by atoms with Gasteiger partial charge in [0.2, 0.25) is 15.9 Å². The Morgan fingerprint density at radius 1 is 1.08 bits per heavy atom. The lowest BCUT2D eigenvalue weighted by atomic mass is 10.0. The smallest absolute Gasteiger partial charge is 0.236 e. The van der Waals surface area contributed by atoms with E-state index >= 15 is 0 Å². The minimum absolute atomic E-state index is 0.0650. The first-order valence-corrected chi connectivity index (χ1v) is 9.61. The molecule has 0 unspecified atom stereocenters. The van der Waals surface area contributed by atoms with Crippen molar-refractivity contribution in [1.82, 2.24) is 0 Å². The van der Waals surface area contributed by atoms with Crippen molar-refractivity contribution in [2.75, 3.05) is 16.2 Å². The van der Waals surface area contributed by atoms with Crippen molar-refractivity contribution in [3.63, 3.8) is 0 Å². The first-order valence-electron chi connectivity index (χ1n) is 7.96. The molecule has 1 heterocycles. The third-order valence-electron chi connectivity index (χ3n) is 4.07. The Balaban J connectivity index is 1.80. The second-order valence-corrected chi connectivity index (χ2v) is 7.55. The number of aryl methyl sites for hydroxylation is 1. The number of hydrogen-bond acceptors (Lipinski definition) is 3. The fraction of sp³-hybridized carbons (Fsp3) is 0.278. The molecule has 0 saturated heterocycles. The number of amides is 1. The number of benzene rings is 2. The van der Waals surface area contributed by atoms with Gasteiger partial charge >= 0.3 is 0 Å². The largest absolute Gasteiger partial charge is 0.312 e. The summed E-state index contributed by atoms with van der Waals surface area (Å²) >= 11 is 0. The van der Waals surface area contributed by atoms with Crippen LogP contribution < -0.4 is 9.62 Å². The van der Waals surface area contributed by atoms with Crippen LogP contribution in [0.5, 0.6) is 0 Å². The van der Waals surface area contributed by atoms with Gasteiger partial charge < -0.3 is 4.90 Å². The van der Waals surface area contributed by atoms with Gasteiger partial charge in [-0.05, 0) is 42.7 Å². The molecule has 0 spiro atoms. The highest BCUT2D eigenvalue weighted by molar-refractivity contribution is 7.91. The maximum absolute atomic E-state index is 12.3. The summed E-state index contributed by atoms with van der Waals surface area (Å²) in [7, 11) is -3.47. The van der Waals surface area contributed by atoms with Gasteiger partial charge in [0.05, 0.1) is 5.75 Å². The van der Waals surface area contributed by atoms with E-state index in [4.69, 9.17) is 0 Å². The van der Waals surface area contributed by atoms with Crippen LogP contribution >= 0.6 is 0 Å². The average Bonchev–Trinajstić information content (AvgIpc) is 2.55. The van der Waals surface area contributed by atoms with E-state index in [0.29, 0.717) is 25.1 Å². The number of carbonyl (C=O) groups is 1. The summed E-state index contributed by atoms with van der Waals surface area (Å²) in [4.78, 5) is 13.7. The summed E-state index contributed by atoms with van der Waals surface area (Å²) in [5.74, 6) is 0.0484. The molecule has 6 heteroatoms. The molecule has 0 bridgehead atoms. The van der Waals surface area contributed by atoms with Gasteiger partial charge in [-0.1, -0.05) is 30.3 Å². The Bertz CT molecular complexity index is 848. The third-order valence-corrected chi connectivity index (χ3v) is 5.33. The number of sulfonamides is 1. The number of nitrogens with zero attached hydrogens (tertiary/aromatic N) is 1. The van der Waals surface area contributed by atoms with Crippen LogP contribution in [-0.4, -0.2) is 20.9 Å². The fourth-order valence-electron chi connectivity index (χ4n) is 2.98. The molecule has 0 aliphatic carbocycles. The quantitative estimate of drug-likeness (QED) is 0.907. The lowest BCUT2D eigenvalue weighted by Crippen LogP contribution is -2.34. The highest BCUT2D eigenvalue weighted by Gasteiger charge is 2.23. The normalized spacial score (nSPS) is 14.4. The van der Waals surface area contributed by atoms with Crippen LogP contribution in [0.2, 0.25) is 0 Å². The van der Waals surface area contributed by atoms with Crippen LogP contribution in [0.1, 0.15) is 24.5 Å². The lowest BCUT2D eigenvalue weighted by molar-refractivity contribution is -0.118. The first-order chi connectivity index (χ1) is 11.5. The van der Waals surface area contributed by atoms with Gasteiger partial charge in [0.1, 0.15) is 0 Å². The van der Waals surface area contributed by atoms with Crippen molar-refractivity contribution in [3.8, 4) is 0 Å². The van der Waals surface area contributed by atoms with Gasteiger partial charge in [-0.3, -0.25) is 9.52 Å². The molecule has 0 radical (unpaired) electrons. The summed E-state index contributed by atoms with van der Waals surface area (Å²) in [6.45, 7) is 2.55. The van der Waals surface area contributed by atoms with Crippen molar-refractivity contribution in [3.05, 3.63) is 59.7 Å². The molecule has 0 aromatic heterocycles. The van der Waals surface area contributed by atoms with Crippen molar-refractivity contribution in [2.24, 2.45) is 0 Å². The van der Waals surface area contributed by atoms with Crippen LogP contribution in [0, 0.1) is 0 Å². The Morgan fingerprint density at radius 2 is 1.83 bits per heavy atom. The fourth-order valence-corrected chi connectivity index (χ4v) is 4.17. The van der Waals surface area contributed by atoms with Crippen LogP contribution in [-0.2, 0) is 27.0 Å². The van der Waals surface area contributed by atoms with Crippen molar-refractivity contribution in [1.29, 1.82) is 0 Å². The zero-order valence-electron chi connectivity index (χ0n) is 13.5. The van der Waals surface area contributed by atoms with Gasteiger partial charge in [0, 0.05) is 24.3 Å². The van der Waals surface area contributed by atoms with E-state index in [-0.39, 0.29) is 11.7 Å². The molecule has 2 aromatic carbocycles. The summed E-state index contributed by atoms with van der Waals surface area (Å²) < 4.78 is 27.3. The maximum atomic E-state index is 12.3. The summed E-state index contributed by atoms with van der Waals surface area (Å²) in [5, 5.41) is 0. The number of fused-ring (bicyclic) bond motifs is 1. The van der Waals surface area contributed by atoms with Gasteiger partial charge in [-0.2, -0.15) is 0 Å². The lowest BCUT2D eigenvalue weighted by Gasteiger charge is -2.28. The number of rotatable bonds is 5. The predicted molar refractivity (Wildman–Crippen MR) is 95.5 cm³/mol. The molecule has 0 atom stereocenters. The van der Waals surface area contributed by atoms with Crippen molar-refractivity contribution >= 4 is 27.3 Å². The van der Waals surface area contributed by atoms with Crippen molar-refractivity contribution < 1.29 is 13.2 Å². The molecular formula is C18H20N2O3S. The van der Waals surface area contributed by atoms with E-state index in [1.165, 1.54) is 0 Å². The van der Waals surface area contributed by atoms with Gasteiger partial charge in [0.25, 0.3) is 0 Å². The Morgan fingerprint density at radius 3 is 2.54 bits per heavy atom. The summed E-state index contributed by atoms with van der Waals surface area (Å²) in [6.07, 6.45) is 1.10. The molecule has 126 valence electrons. The van der Waals surface area contributed by atoms with E-state index in [2.05, 4.69) is 4.72 Å². The van der Waals surface area contributed by atoms with E-state index in [9.17, 15) is 13.2 Å². The van der Waals surface area contributed by atoms with E-state index < -0.39 is 10.0 Å². The summed E-state index contributed by atoms with van der Waals surface area (Å²) in [6, 6.07) is 14.4. The van der Waals surface area contributed by atoms with Gasteiger partial charge in [-0.15, -0.1) is 0 Å². The zero-order chi connectivity index (χ0) is 17.2. The zero-order valence-corrected chi connectivity index (χ0v) is 14.3. The molecule has 1 amide bonds. The third kappa shape index (κ3) is 3.59. The molecule has 5 nitrogen and oxygen atoms in total. The number of carbonyl (C=O) groups excluding carboxylic acids is 1. The monoisotopic (exact) mass is 344 g/mol. The predicted octanol–water partition coefficient (Wildman–Crippen LogP) is 2.93. The Hall–Kier alpha value is -2.34. The minimum Gasteiger partial charge on any atom is -0.312 e.